The first kappa shape index (κ1) is 18.6. The van der Waals surface area contributed by atoms with Crippen LogP contribution in [-0.2, 0) is 11.2 Å². The quantitative estimate of drug-likeness (QED) is 0.800. The van der Waals surface area contributed by atoms with E-state index >= 15 is 0 Å². The van der Waals surface area contributed by atoms with Crippen LogP contribution in [-0.4, -0.2) is 32.8 Å². The normalized spacial score (nSPS) is 11.5. The molecule has 25 heavy (non-hydrogen) atoms. The molecule has 1 N–H and O–H groups in total. The van der Waals surface area contributed by atoms with Crippen molar-refractivity contribution in [3.63, 3.8) is 0 Å². The molecule has 5 heteroatoms. The largest absolute Gasteiger partial charge is 0.493 e. The summed E-state index contributed by atoms with van der Waals surface area (Å²) >= 11 is 0. The third-order valence-corrected chi connectivity index (χ3v) is 3.83. The van der Waals surface area contributed by atoms with Crippen molar-refractivity contribution in [3.8, 4) is 17.2 Å². The molecule has 0 saturated heterocycles. The van der Waals surface area contributed by atoms with E-state index in [1.165, 1.54) is 0 Å². The number of hydrogen-bond donors (Lipinski definition) is 1. The number of methoxy groups -OCH3 is 2. The molecule has 0 spiro atoms. The van der Waals surface area contributed by atoms with Crippen LogP contribution >= 0.6 is 0 Å². The summed E-state index contributed by atoms with van der Waals surface area (Å²) in [6, 6.07) is 13.4. The van der Waals surface area contributed by atoms with Crippen molar-refractivity contribution in [2.24, 2.45) is 0 Å². The van der Waals surface area contributed by atoms with E-state index in [1.54, 1.807) is 21.1 Å². The van der Waals surface area contributed by atoms with Gasteiger partial charge >= 0.3 is 0 Å². The maximum absolute atomic E-state index is 12.2. The Balaban J connectivity index is 1.83. The standard InChI is InChI=1S/C20H25NO4/c1-14-6-5-7-17(12-14)25-15(2)20(22)21-11-10-16-8-9-18(23-3)19(13-16)24-4/h5-9,12-13,15H,10-11H2,1-4H3,(H,21,22)/t15-/m0/s1. The second-order valence-electron chi connectivity index (χ2n) is 5.81. The zero-order valence-electron chi connectivity index (χ0n) is 15.2. The summed E-state index contributed by atoms with van der Waals surface area (Å²) < 4.78 is 16.2. The van der Waals surface area contributed by atoms with E-state index in [4.69, 9.17) is 14.2 Å². The van der Waals surface area contributed by atoms with E-state index in [0.29, 0.717) is 30.2 Å². The van der Waals surface area contributed by atoms with Gasteiger partial charge in [0.2, 0.25) is 0 Å². The summed E-state index contributed by atoms with van der Waals surface area (Å²) in [6.45, 7) is 4.25. The van der Waals surface area contributed by atoms with Crippen LogP contribution < -0.4 is 19.5 Å². The molecule has 0 aromatic heterocycles. The molecule has 5 nitrogen and oxygen atoms in total. The third kappa shape index (κ3) is 5.41. The van der Waals surface area contributed by atoms with Gasteiger partial charge in [-0.3, -0.25) is 4.79 Å². The van der Waals surface area contributed by atoms with E-state index in [1.807, 2.05) is 49.4 Å². The lowest BCUT2D eigenvalue weighted by Crippen LogP contribution is -2.37. The Kier molecular flexibility index (Phi) is 6.69. The van der Waals surface area contributed by atoms with Crippen LogP contribution in [0.4, 0.5) is 0 Å². The first-order valence-electron chi connectivity index (χ1n) is 8.25. The van der Waals surface area contributed by atoms with Crippen LogP contribution in [0.2, 0.25) is 0 Å². The van der Waals surface area contributed by atoms with Gasteiger partial charge in [0.15, 0.2) is 17.6 Å². The fourth-order valence-corrected chi connectivity index (χ4v) is 2.46. The van der Waals surface area contributed by atoms with Crippen LogP contribution in [0.3, 0.4) is 0 Å². The minimum atomic E-state index is -0.549. The Labute approximate surface area is 148 Å². The minimum absolute atomic E-state index is 0.137. The fourth-order valence-electron chi connectivity index (χ4n) is 2.46. The van der Waals surface area contributed by atoms with Crippen LogP contribution in [0.25, 0.3) is 0 Å². The minimum Gasteiger partial charge on any atom is -0.493 e. The van der Waals surface area contributed by atoms with Gasteiger partial charge < -0.3 is 19.5 Å². The van der Waals surface area contributed by atoms with Crippen molar-refractivity contribution in [1.29, 1.82) is 0 Å². The van der Waals surface area contributed by atoms with Crippen LogP contribution in [0.5, 0.6) is 17.2 Å². The molecule has 0 unspecified atom stereocenters. The smallest absolute Gasteiger partial charge is 0.260 e. The number of carbonyl (C=O) groups is 1. The van der Waals surface area contributed by atoms with E-state index in [9.17, 15) is 4.79 Å². The highest BCUT2D eigenvalue weighted by atomic mass is 16.5. The highest BCUT2D eigenvalue weighted by Crippen LogP contribution is 2.27. The van der Waals surface area contributed by atoms with Crippen molar-refractivity contribution in [1.82, 2.24) is 5.32 Å². The molecule has 1 amide bonds. The highest BCUT2D eigenvalue weighted by Gasteiger charge is 2.14. The van der Waals surface area contributed by atoms with Crippen LogP contribution in [0, 0.1) is 6.92 Å². The second kappa shape index (κ2) is 8.97. The molecule has 2 aromatic carbocycles. The van der Waals surface area contributed by atoms with Gasteiger partial charge in [-0.05, 0) is 55.7 Å². The first-order valence-corrected chi connectivity index (χ1v) is 8.25. The van der Waals surface area contributed by atoms with Gasteiger partial charge in [-0.15, -0.1) is 0 Å². The number of nitrogens with one attached hydrogen (secondary N) is 1. The topological polar surface area (TPSA) is 56.8 Å². The number of benzene rings is 2. The van der Waals surface area contributed by atoms with Gasteiger partial charge in [0, 0.05) is 6.54 Å². The Bertz CT molecular complexity index is 715. The average molecular weight is 343 g/mol. The van der Waals surface area contributed by atoms with Gasteiger partial charge in [-0.2, -0.15) is 0 Å². The van der Waals surface area contributed by atoms with Crippen molar-refractivity contribution in [2.45, 2.75) is 26.4 Å². The molecule has 134 valence electrons. The molecule has 0 aliphatic carbocycles. The second-order valence-corrected chi connectivity index (χ2v) is 5.81. The van der Waals surface area contributed by atoms with Crippen molar-refractivity contribution in [2.75, 3.05) is 20.8 Å². The molecule has 0 saturated carbocycles. The number of carbonyl (C=O) groups excluding carboxylic acids is 1. The van der Waals surface area contributed by atoms with E-state index in [2.05, 4.69) is 5.32 Å². The van der Waals surface area contributed by atoms with E-state index in [0.717, 1.165) is 11.1 Å². The highest BCUT2D eigenvalue weighted by molar-refractivity contribution is 5.80. The molecule has 0 radical (unpaired) electrons. The summed E-state index contributed by atoms with van der Waals surface area (Å²) in [5.41, 5.74) is 2.16. The number of aryl methyl sites for hydroxylation is 1. The van der Waals surface area contributed by atoms with Crippen molar-refractivity contribution >= 4 is 5.91 Å². The lowest BCUT2D eigenvalue weighted by Gasteiger charge is -2.15. The van der Waals surface area contributed by atoms with Gasteiger partial charge in [-0.1, -0.05) is 18.2 Å². The maximum Gasteiger partial charge on any atom is 0.260 e. The summed E-state index contributed by atoms with van der Waals surface area (Å²) in [5.74, 6) is 1.93. The number of amides is 1. The Hall–Kier alpha value is -2.69. The molecule has 0 aliphatic rings. The van der Waals surface area contributed by atoms with Gasteiger partial charge in [-0.25, -0.2) is 0 Å². The predicted octanol–water partition coefficient (Wildman–Crippen LogP) is 3.14. The predicted molar refractivity (Wildman–Crippen MR) is 97.5 cm³/mol. The summed E-state index contributed by atoms with van der Waals surface area (Å²) in [4.78, 5) is 12.2. The summed E-state index contributed by atoms with van der Waals surface area (Å²) in [7, 11) is 3.21. The lowest BCUT2D eigenvalue weighted by molar-refractivity contribution is -0.127. The maximum atomic E-state index is 12.2. The molecule has 2 aromatic rings. The fraction of sp³-hybridized carbons (Fsp3) is 0.350. The molecule has 0 aliphatic heterocycles. The number of hydrogen-bond acceptors (Lipinski definition) is 4. The summed E-state index contributed by atoms with van der Waals surface area (Å²) in [5, 5.41) is 2.90. The van der Waals surface area contributed by atoms with Gasteiger partial charge in [0.1, 0.15) is 5.75 Å². The molecule has 0 heterocycles. The zero-order chi connectivity index (χ0) is 18.2. The zero-order valence-corrected chi connectivity index (χ0v) is 15.2. The molecule has 1 atom stereocenters. The third-order valence-electron chi connectivity index (χ3n) is 3.83. The molecule has 0 bridgehead atoms. The number of rotatable bonds is 8. The number of ether oxygens (including phenoxy) is 3. The van der Waals surface area contributed by atoms with E-state index < -0.39 is 6.10 Å². The molecular formula is C20H25NO4. The monoisotopic (exact) mass is 343 g/mol. The Morgan fingerprint density at radius 2 is 1.84 bits per heavy atom. The first-order chi connectivity index (χ1) is 12.0. The van der Waals surface area contributed by atoms with Crippen LogP contribution in [0.15, 0.2) is 42.5 Å². The average Bonchev–Trinajstić information content (AvgIpc) is 2.61. The van der Waals surface area contributed by atoms with Crippen LogP contribution in [0.1, 0.15) is 18.1 Å². The van der Waals surface area contributed by atoms with Gasteiger partial charge in [0.25, 0.3) is 5.91 Å². The summed E-state index contributed by atoms with van der Waals surface area (Å²) in [6.07, 6.45) is 0.149. The van der Waals surface area contributed by atoms with Gasteiger partial charge in [0.05, 0.1) is 14.2 Å². The van der Waals surface area contributed by atoms with Crippen molar-refractivity contribution < 1.29 is 19.0 Å². The van der Waals surface area contributed by atoms with E-state index in [-0.39, 0.29) is 5.91 Å². The van der Waals surface area contributed by atoms with Crippen molar-refractivity contribution in [3.05, 3.63) is 53.6 Å². The SMILES string of the molecule is COc1ccc(CCNC(=O)[C@H](C)Oc2cccc(C)c2)cc1OC. The molecule has 0 fully saturated rings. The molecule has 2 rings (SSSR count). The Morgan fingerprint density at radius 1 is 1.08 bits per heavy atom. The molecular weight excluding hydrogens is 318 g/mol. The Morgan fingerprint density at radius 3 is 2.52 bits per heavy atom. The lowest BCUT2D eigenvalue weighted by atomic mass is 10.1.